The average Bonchev–Trinajstić information content (AvgIpc) is 3.50. The van der Waals surface area contributed by atoms with Crippen LogP contribution in [0.15, 0.2) is 22.8 Å². The van der Waals surface area contributed by atoms with Crippen LogP contribution in [-0.2, 0) is 9.53 Å². The molecule has 0 spiro atoms. The first kappa shape index (κ1) is 22.1. The number of carbonyl (C=O) groups is 2. The summed E-state index contributed by atoms with van der Waals surface area (Å²) in [4.78, 5) is 27.7. The predicted molar refractivity (Wildman–Crippen MR) is 115 cm³/mol. The van der Waals surface area contributed by atoms with Crippen LogP contribution < -0.4 is 5.32 Å². The molecule has 4 atom stereocenters. The van der Waals surface area contributed by atoms with Gasteiger partial charge < -0.3 is 19.6 Å². The molecule has 1 aromatic heterocycles. The van der Waals surface area contributed by atoms with E-state index in [0.717, 1.165) is 31.6 Å². The van der Waals surface area contributed by atoms with E-state index in [-0.39, 0.29) is 36.4 Å². The summed E-state index contributed by atoms with van der Waals surface area (Å²) in [5.41, 5.74) is 0.345. The van der Waals surface area contributed by atoms with Crippen LogP contribution in [0.1, 0.15) is 92.9 Å². The first-order valence-corrected chi connectivity index (χ1v) is 11.9. The van der Waals surface area contributed by atoms with Gasteiger partial charge in [0, 0.05) is 18.9 Å². The lowest BCUT2D eigenvalue weighted by atomic mass is 9.77. The molecule has 1 aliphatic carbocycles. The van der Waals surface area contributed by atoms with Crippen LogP contribution >= 0.6 is 0 Å². The van der Waals surface area contributed by atoms with E-state index in [9.17, 15) is 9.59 Å². The lowest BCUT2D eigenvalue weighted by Crippen LogP contribution is -2.27. The molecule has 7 heteroatoms. The lowest BCUT2D eigenvalue weighted by molar-refractivity contribution is -0.136. The van der Waals surface area contributed by atoms with Crippen molar-refractivity contribution in [1.29, 1.82) is 0 Å². The van der Waals surface area contributed by atoms with Crippen molar-refractivity contribution < 1.29 is 23.8 Å². The fourth-order valence-electron chi connectivity index (χ4n) is 5.50. The van der Waals surface area contributed by atoms with Gasteiger partial charge in [-0.05, 0) is 38.0 Å². The molecule has 0 radical (unpaired) electrons. The van der Waals surface area contributed by atoms with Crippen molar-refractivity contribution in [2.24, 2.45) is 11.8 Å². The van der Waals surface area contributed by atoms with E-state index in [1.54, 1.807) is 0 Å². The highest BCUT2D eigenvalue weighted by molar-refractivity contribution is 5.91. The number of oxazole rings is 1. The van der Waals surface area contributed by atoms with Crippen LogP contribution in [0.5, 0.6) is 0 Å². The molecular formula is C24H34N2O5. The number of nitrogens with one attached hydrogen (secondary N) is 1. The third kappa shape index (κ3) is 5.56. The van der Waals surface area contributed by atoms with Crippen molar-refractivity contribution in [2.75, 3.05) is 6.54 Å². The summed E-state index contributed by atoms with van der Waals surface area (Å²) < 4.78 is 11.9. The van der Waals surface area contributed by atoms with Crippen molar-refractivity contribution >= 4 is 11.9 Å². The van der Waals surface area contributed by atoms with Gasteiger partial charge in [-0.3, -0.25) is 9.59 Å². The van der Waals surface area contributed by atoms with Gasteiger partial charge in [0.2, 0.25) is 5.89 Å². The zero-order chi connectivity index (χ0) is 21.6. The number of fused-ring (bicyclic) bond motifs is 2. The molecule has 7 nitrogen and oxygen atoms in total. The Labute approximate surface area is 183 Å². The van der Waals surface area contributed by atoms with Gasteiger partial charge in [0.05, 0.1) is 18.1 Å². The molecule has 1 amide bonds. The van der Waals surface area contributed by atoms with Gasteiger partial charge in [0.25, 0.3) is 5.91 Å². The second-order valence-corrected chi connectivity index (χ2v) is 9.24. The highest BCUT2D eigenvalue weighted by Gasteiger charge is 2.51. The molecule has 2 bridgehead atoms. The molecule has 3 fully saturated rings. The van der Waals surface area contributed by atoms with E-state index in [2.05, 4.69) is 10.3 Å². The number of hydrogen-bond donors (Lipinski definition) is 2. The number of aliphatic carboxylic acids is 1. The SMILES string of the molecule is O=C(O)CC/C=C\C[C@@H]1[C@H](c2nc(C(=O)NCCC3CCCCC3)co2)[C@H]2CC[C@@H]1O2. The van der Waals surface area contributed by atoms with Crippen LogP contribution in [0.25, 0.3) is 0 Å². The number of rotatable bonds is 10. The van der Waals surface area contributed by atoms with Gasteiger partial charge in [0.1, 0.15) is 6.26 Å². The van der Waals surface area contributed by atoms with E-state index in [1.807, 2.05) is 12.2 Å². The van der Waals surface area contributed by atoms with Gasteiger partial charge >= 0.3 is 5.97 Å². The van der Waals surface area contributed by atoms with Crippen LogP contribution in [0, 0.1) is 11.8 Å². The number of carboxylic acids is 1. The third-order valence-corrected chi connectivity index (χ3v) is 7.13. The fraction of sp³-hybridized carbons (Fsp3) is 0.708. The monoisotopic (exact) mass is 430 g/mol. The van der Waals surface area contributed by atoms with Crippen molar-refractivity contribution in [3.05, 3.63) is 30.0 Å². The molecule has 4 rings (SSSR count). The minimum absolute atomic E-state index is 0.0478. The fourth-order valence-corrected chi connectivity index (χ4v) is 5.50. The summed E-state index contributed by atoms with van der Waals surface area (Å²) in [5.74, 6) is 0.674. The van der Waals surface area contributed by atoms with Crippen LogP contribution in [0.4, 0.5) is 0 Å². The molecule has 3 heterocycles. The van der Waals surface area contributed by atoms with Crippen LogP contribution in [-0.4, -0.2) is 40.7 Å². The number of aromatic nitrogens is 1. The summed E-state index contributed by atoms with van der Waals surface area (Å²) in [6, 6.07) is 0. The van der Waals surface area contributed by atoms with Gasteiger partial charge in [-0.15, -0.1) is 0 Å². The maximum Gasteiger partial charge on any atom is 0.303 e. The Kier molecular flexibility index (Phi) is 7.43. The topological polar surface area (TPSA) is 102 Å². The van der Waals surface area contributed by atoms with E-state index < -0.39 is 5.97 Å². The number of ether oxygens (including phenoxy) is 1. The maximum absolute atomic E-state index is 12.5. The Morgan fingerprint density at radius 3 is 2.74 bits per heavy atom. The quantitative estimate of drug-likeness (QED) is 0.532. The normalized spacial score (nSPS) is 28.4. The molecule has 0 aromatic carbocycles. The smallest absolute Gasteiger partial charge is 0.303 e. The van der Waals surface area contributed by atoms with Crippen molar-refractivity contribution in [3.63, 3.8) is 0 Å². The standard InChI is InChI=1S/C24H34N2O5/c27-21(28)10-6-2-5-9-17-19-11-12-20(31-19)22(17)24-26-18(15-30-24)23(29)25-14-13-16-7-3-1-4-8-16/h2,5,15-17,19-20,22H,1,3-4,6-14H2,(H,25,29)(H,27,28)/b5-2-/t17-,19-,20+,22-/m0/s1. The van der Waals surface area contributed by atoms with E-state index in [1.165, 1.54) is 38.4 Å². The lowest BCUT2D eigenvalue weighted by Gasteiger charge is -2.24. The summed E-state index contributed by atoms with van der Waals surface area (Å²) in [7, 11) is 0. The number of carbonyl (C=O) groups excluding carboxylic acids is 1. The second kappa shape index (κ2) is 10.4. The molecule has 2 N–H and O–H groups in total. The Hall–Kier alpha value is -2.15. The minimum atomic E-state index is -0.782. The summed E-state index contributed by atoms with van der Waals surface area (Å²) >= 11 is 0. The zero-order valence-electron chi connectivity index (χ0n) is 18.1. The van der Waals surface area contributed by atoms with Crippen LogP contribution in [0.2, 0.25) is 0 Å². The van der Waals surface area contributed by atoms with Crippen molar-refractivity contribution in [2.45, 2.75) is 88.8 Å². The molecule has 170 valence electrons. The molecule has 31 heavy (non-hydrogen) atoms. The third-order valence-electron chi connectivity index (χ3n) is 7.13. The molecule has 2 saturated heterocycles. The molecule has 1 saturated carbocycles. The maximum atomic E-state index is 12.5. The Balaban J connectivity index is 1.30. The van der Waals surface area contributed by atoms with Gasteiger partial charge in [-0.2, -0.15) is 0 Å². The van der Waals surface area contributed by atoms with E-state index in [0.29, 0.717) is 24.6 Å². The molecule has 2 aliphatic heterocycles. The molecule has 0 unspecified atom stereocenters. The predicted octanol–water partition coefficient (Wildman–Crippen LogP) is 4.45. The number of carboxylic acid groups (broad SMARTS) is 1. The van der Waals surface area contributed by atoms with E-state index in [4.69, 9.17) is 14.3 Å². The Morgan fingerprint density at radius 1 is 1.13 bits per heavy atom. The number of amides is 1. The molecule has 1 aromatic rings. The highest BCUT2D eigenvalue weighted by Crippen LogP contribution is 2.50. The first-order valence-electron chi connectivity index (χ1n) is 11.9. The summed E-state index contributed by atoms with van der Waals surface area (Å²) in [5, 5.41) is 11.8. The number of allylic oxidation sites excluding steroid dienone is 2. The number of nitrogens with zero attached hydrogens (tertiary/aromatic N) is 1. The van der Waals surface area contributed by atoms with Crippen LogP contribution in [0.3, 0.4) is 0 Å². The summed E-state index contributed by atoms with van der Waals surface area (Å²) in [6.07, 6.45) is 16.8. The van der Waals surface area contributed by atoms with Crippen molar-refractivity contribution in [1.82, 2.24) is 10.3 Å². The van der Waals surface area contributed by atoms with Gasteiger partial charge in [0.15, 0.2) is 5.69 Å². The van der Waals surface area contributed by atoms with Gasteiger partial charge in [-0.25, -0.2) is 4.98 Å². The van der Waals surface area contributed by atoms with Crippen molar-refractivity contribution in [3.8, 4) is 0 Å². The second-order valence-electron chi connectivity index (χ2n) is 9.24. The molecule has 3 aliphatic rings. The Bertz CT molecular complexity index is 783. The summed E-state index contributed by atoms with van der Waals surface area (Å²) in [6.45, 7) is 0.687. The van der Waals surface area contributed by atoms with E-state index >= 15 is 0 Å². The average molecular weight is 431 g/mol. The Morgan fingerprint density at radius 2 is 1.94 bits per heavy atom. The van der Waals surface area contributed by atoms with Gasteiger partial charge in [-0.1, -0.05) is 44.3 Å². The number of hydrogen-bond acceptors (Lipinski definition) is 5. The minimum Gasteiger partial charge on any atom is -0.481 e. The molecular weight excluding hydrogens is 396 g/mol. The largest absolute Gasteiger partial charge is 0.481 e. The highest BCUT2D eigenvalue weighted by atomic mass is 16.5. The zero-order valence-corrected chi connectivity index (χ0v) is 18.1. The first-order chi connectivity index (χ1) is 15.1.